The Morgan fingerprint density at radius 3 is 2.48 bits per heavy atom. The smallest absolute Gasteiger partial charge is 0.256 e. The van der Waals surface area contributed by atoms with Gasteiger partial charge in [0.1, 0.15) is 5.82 Å². The highest BCUT2D eigenvalue weighted by atomic mass is 127. The number of hydrogen-bond donors (Lipinski definition) is 1. The monoisotopic (exact) mass is 391 g/mol. The number of carbonyl (C=O) groups is 1. The average molecular weight is 391 g/mol. The Bertz CT molecular complexity index is 832. The average Bonchev–Trinajstić information content (AvgIpc) is 2.48. The molecule has 3 aromatic carbocycles. The second-order valence-electron chi connectivity index (χ2n) is 4.61. The normalized spacial score (nSPS) is 10.6. The molecule has 0 unspecified atom stereocenters. The van der Waals surface area contributed by atoms with Crippen molar-refractivity contribution in [1.82, 2.24) is 0 Å². The van der Waals surface area contributed by atoms with Gasteiger partial charge in [-0.3, -0.25) is 4.79 Å². The lowest BCUT2D eigenvalue weighted by Gasteiger charge is -2.09. The third-order valence-corrected chi connectivity index (χ3v) is 3.87. The van der Waals surface area contributed by atoms with Crippen molar-refractivity contribution >= 4 is 45.0 Å². The summed E-state index contributed by atoms with van der Waals surface area (Å²) in [5.41, 5.74) is 1.19. The zero-order chi connectivity index (χ0) is 14.8. The molecule has 0 fully saturated rings. The van der Waals surface area contributed by atoms with E-state index in [0.29, 0.717) is 16.3 Å². The predicted molar refractivity (Wildman–Crippen MR) is 91.0 cm³/mol. The van der Waals surface area contributed by atoms with Crippen molar-refractivity contribution < 1.29 is 9.18 Å². The summed E-state index contributed by atoms with van der Waals surface area (Å²) < 4.78 is 14.8. The van der Waals surface area contributed by atoms with Crippen LogP contribution in [0.3, 0.4) is 0 Å². The van der Waals surface area contributed by atoms with Crippen molar-refractivity contribution in [2.24, 2.45) is 0 Å². The van der Waals surface area contributed by atoms with Crippen LogP contribution in [-0.2, 0) is 0 Å². The lowest BCUT2D eigenvalue weighted by molar-refractivity contribution is 0.102. The Labute approximate surface area is 135 Å². The van der Waals surface area contributed by atoms with Crippen LogP contribution in [0.15, 0.2) is 60.7 Å². The maximum absolute atomic E-state index is 13.8. The van der Waals surface area contributed by atoms with Gasteiger partial charge in [-0.1, -0.05) is 30.3 Å². The van der Waals surface area contributed by atoms with Crippen LogP contribution in [0.2, 0.25) is 0 Å². The molecule has 0 aliphatic heterocycles. The molecule has 0 saturated carbocycles. The summed E-state index contributed by atoms with van der Waals surface area (Å²) in [6.45, 7) is 0. The van der Waals surface area contributed by atoms with Crippen LogP contribution in [0.1, 0.15) is 10.4 Å². The summed E-state index contributed by atoms with van der Waals surface area (Å²) in [4.78, 5) is 12.4. The number of fused-ring (bicyclic) bond motifs is 1. The van der Waals surface area contributed by atoms with Gasteiger partial charge in [-0.15, -0.1) is 0 Å². The number of benzene rings is 3. The Morgan fingerprint density at radius 1 is 0.952 bits per heavy atom. The van der Waals surface area contributed by atoms with Crippen molar-refractivity contribution in [2.45, 2.75) is 0 Å². The molecule has 0 saturated heterocycles. The van der Waals surface area contributed by atoms with E-state index < -0.39 is 0 Å². The molecule has 0 aliphatic rings. The van der Waals surface area contributed by atoms with Gasteiger partial charge in [-0.25, -0.2) is 4.39 Å². The number of anilines is 1. The largest absolute Gasteiger partial charge is 0.322 e. The lowest BCUT2D eigenvalue weighted by Crippen LogP contribution is -2.12. The van der Waals surface area contributed by atoms with Crippen LogP contribution in [0.25, 0.3) is 10.8 Å². The van der Waals surface area contributed by atoms with Crippen LogP contribution < -0.4 is 5.32 Å². The third-order valence-electron chi connectivity index (χ3n) is 3.20. The first kappa shape index (κ1) is 14.0. The van der Waals surface area contributed by atoms with Gasteiger partial charge in [0.15, 0.2) is 0 Å². The van der Waals surface area contributed by atoms with Gasteiger partial charge in [-0.05, 0) is 58.3 Å². The topological polar surface area (TPSA) is 29.1 Å². The number of halogens is 2. The Balaban J connectivity index is 2.01. The van der Waals surface area contributed by atoms with Crippen molar-refractivity contribution in [1.29, 1.82) is 0 Å². The molecule has 0 heterocycles. The molecule has 4 heteroatoms. The first-order chi connectivity index (χ1) is 10.1. The number of rotatable bonds is 2. The minimum absolute atomic E-state index is 0.242. The van der Waals surface area contributed by atoms with Crippen LogP contribution in [0, 0.1) is 9.39 Å². The van der Waals surface area contributed by atoms with E-state index in [2.05, 4.69) is 27.9 Å². The molecule has 0 atom stereocenters. The highest BCUT2D eigenvalue weighted by Crippen LogP contribution is 2.23. The fraction of sp³-hybridized carbons (Fsp3) is 0. The summed E-state index contributed by atoms with van der Waals surface area (Å²) in [6.07, 6.45) is 0. The van der Waals surface area contributed by atoms with Crippen LogP contribution >= 0.6 is 22.6 Å². The Kier molecular flexibility index (Phi) is 3.88. The van der Waals surface area contributed by atoms with E-state index >= 15 is 0 Å². The van der Waals surface area contributed by atoms with Gasteiger partial charge in [0.2, 0.25) is 0 Å². The summed E-state index contributed by atoms with van der Waals surface area (Å²) in [6, 6.07) is 17.3. The molecular formula is C17H11FINO. The van der Waals surface area contributed by atoms with Crippen molar-refractivity contribution in [3.63, 3.8) is 0 Å². The van der Waals surface area contributed by atoms with E-state index in [1.54, 1.807) is 24.3 Å². The molecule has 21 heavy (non-hydrogen) atoms. The molecule has 0 spiro atoms. The summed E-state index contributed by atoms with van der Waals surface area (Å²) in [7, 11) is 0. The minimum Gasteiger partial charge on any atom is -0.322 e. The van der Waals surface area contributed by atoms with Crippen molar-refractivity contribution in [2.75, 3.05) is 5.32 Å². The van der Waals surface area contributed by atoms with Gasteiger partial charge in [-0.2, -0.15) is 0 Å². The molecule has 0 radical (unpaired) electrons. The van der Waals surface area contributed by atoms with Gasteiger partial charge in [0.05, 0.1) is 0 Å². The molecule has 0 aromatic heterocycles. The zero-order valence-electron chi connectivity index (χ0n) is 10.9. The molecule has 3 rings (SSSR count). The van der Waals surface area contributed by atoms with Gasteiger partial charge >= 0.3 is 0 Å². The van der Waals surface area contributed by atoms with E-state index in [4.69, 9.17) is 0 Å². The van der Waals surface area contributed by atoms with E-state index in [-0.39, 0.29) is 11.7 Å². The summed E-state index contributed by atoms with van der Waals surface area (Å²) in [5.74, 6) is -0.565. The van der Waals surface area contributed by atoms with E-state index in [0.717, 1.165) is 9.26 Å². The Morgan fingerprint density at radius 2 is 1.71 bits per heavy atom. The van der Waals surface area contributed by atoms with E-state index in [1.165, 1.54) is 12.1 Å². The van der Waals surface area contributed by atoms with Crippen LogP contribution in [0.5, 0.6) is 0 Å². The van der Waals surface area contributed by atoms with Crippen LogP contribution in [-0.4, -0.2) is 5.91 Å². The van der Waals surface area contributed by atoms with Crippen molar-refractivity contribution in [3.8, 4) is 0 Å². The van der Waals surface area contributed by atoms with Crippen LogP contribution in [0.4, 0.5) is 10.1 Å². The van der Waals surface area contributed by atoms with E-state index in [1.807, 2.05) is 24.3 Å². The predicted octanol–water partition coefficient (Wildman–Crippen LogP) is 4.84. The molecule has 0 aliphatic carbocycles. The highest BCUT2D eigenvalue weighted by molar-refractivity contribution is 14.1. The molecule has 3 aromatic rings. The summed E-state index contributed by atoms with van der Waals surface area (Å²) in [5, 5.41) is 3.91. The quantitative estimate of drug-likeness (QED) is 0.623. The van der Waals surface area contributed by atoms with Crippen molar-refractivity contribution in [3.05, 3.63) is 75.6 Å². The number of nitrogens with one attached hydrogen (secondary N) is 1. The second kappa shape index (κ2) is 5.81. The highest BCUT2D eigenvalue weighted by Gasteiger charge is 2.12. The SMILES string of the molecule is O=C(Nc1cccc(I)c1)c1ccc(F)c2ccccc12. The van der Waals surface area contributed by atoms with Gasteiger partial charge in [0.25, 0.3) is 5.91 Å². The standard InChI is InChI=1S/C17H11FINO/c18-16-9-8-15(13-6-1-2-7-14(13)16)17(21)20-12-5-3-4-11(19)10-12/h1-10H,(H,20,21). The summed E-state index contributed by atoms with van der Waals surface area (Å²) >= 11 is 2.18. The van der Waals surface area contributed by atoms with Gasteiger partial charge < -0.3 is 5.32 Å². The number of carbonyl (C=O) groups excluding carboxylic acids is 1. The van der Waals surface area contributed by atoms with Gasteiger partial charge in [0, 0.05) is 20.2 Å². The molecule has 2 nitrogen and oxygen atoms in total. The number of hydrogen-bond acceptors (Lipinski definition) is 1. The second-order valence-corrected chi connectivity index (χ2v) is 5.85. The fourth-order valence-electron chi connectivity index (χ4n) is 2.22. The third kappa shape index (κ3) is 2.90. The lowest BCUT2D eigenvalue weighted by atomic mass is 10.0. The first-order valence-electron chi connectivity index (χ1n) is 6.39. The zero-order valence-corrected chi connectivity index (χ0v) is 13.1. The maximum atomic E-state index is 13.8. The molecule has 1 N–H and O–H groups in total. The van der Waals surface area contributed by atoms with E-state index in [9.17, 15) is 9.18 Å². The minimum atomic E-state index is -0.323. The fourth-order valence-corrected chi connectivity index (χ4v) is 2.77. The number of amides is 1. The molecule has 0 bridgehead atoms. The Hall–Kier alpha value is -1.95. The maximum Gasteiger partial charge on any atom is 0.256 e. The molecular weight excluding hydrogens is 380 g/mol. The molecule has 104 valence electrons. The molecule has 1 amide bonds. The first-order valence-corrected chi connectivity index (χ1v) is 7.47.